The molecule has 4 nitrogen and oxygen atoms in total. The van der Waals surface area contributed by atoms with E-state index in [2.05, 4.69) is 53.8 Å². The maximum Gasteiger partial charge on any atom is 0.191 e. The van der Waals surface area contributed by atoms with Crippen molar-refractivity contribution in [2.24, 2.45) is 4.99 Å². The fraction of sp³-hybridized carbons (Fsp3) is 0.500. The number of benzene rings is 1. The molecule has 0 radical (unpaired) electrons. The molecule has 0 aliphatic heterocycles. The smallest absolute Gasteiger partial charge is 0.191 e. The Labute approximate surface area is 156 Å². The number of nitrogens with zero attached hydrogens (tertiary/aromatic N) is 1. The fourth-order valence-electron chi connectivity index (χ4n) is 2.41. The lowest BCUT2D eigenvalue weighted by Crippen LogP contribution is -2.43. The monoisotopic (exact) mass is 429 g/mol. The van der Waals surface area contributed by atoms with Gasteiger partial charge in [0.15, 0.2) is 5.96 Å². The summed E-state index contributed by atoms with van der Waals surface area (Å²) in [6.45, 7) is 5.73. The van der Waals surface area contributed by atoms with Crippen LogP contribution < -0.4 is 15.4 Å². The van der Waals surface area contributed by atoms with Crippen LogP contribution in [0.2, 0.25) is 0 Å². The first-order valence-electron chi connectivity index (χ1n) is 8.04. The average molecular weight is 429 g/mol. The van der Waals surface area contributed by atoms with E-state index in [1.807, 2.05) is 12.1 Å². The van der Waals surface area contributed by atoms with Crippen LogP contribution in [0.15, 0.2) is 41.4 Å². The molecule has 128 valence electrons. The number of nitrogens with one attached hydrogen (secondary N) is 2. The van der Waals surface area contributed by atoms with Crippen molar-refractivity contribution in [3.05, 3.63) is 42.0 Å². The normalized spacial score (nSPS) is 14.7. The standard InChI is InChI=1S/C18H27N3O.HI/c1-14(2)15-8-10-17(11-9-15)22-13-12-20-18(19-3)21-16-6-4-5-7-16;/h4-5,8-11,14,16H,6-7,12-13H2,1-3H3,(H2,19,20,21);1H. The molecule has 0 spiro atoms. The van der Waals surface area contributed by atoms with Crippen LogP contribution in [0.25, 0.3) is 0 Å². The number of halogens is 1. The van der Waals surface area contributed by atoms with Crippen molar-refractivity contribution in [3.63, 3.8) is 0 Å². The molecule has 0 saturated carbocycles. The largest absolute Gasteiger partial charge is 0.492 e. The van der Waals surface area contributed by atoms with E-state index in [0.29, 0.717) is 18.6 Å². The van der Waals surface area contributed by atoms with E-state index in [0.717, 1.165) is 31.1 Å². The minimum absolute atomic E-state index is 0. The van der Waals surface area contributed by atoms with Crippen LogP contribution in [0.1, 0.15) is 38.2 Å². The van der Waals surface area contributed by atoms with Gasteiger partial charge in [0.1, 0.15) is 12.4 Å². The van der Waals surface area contributed by atoms with Gasteiger partial charge >= 0.3 is 0 Å². The lowest BCUT2D eigenvalue weighted by Gasteiger charge is -2.17. The number of guanidine groups is 1. The Balaban J connectivity index is 0.00000264. The highest BCUT2D eigenvalue weighted by atomic mass is 127. The van der Waals surface area contributed by atoms with Crippen molar-refractivity contribution in [2.45, 2.75) is 38.6 Å². The zero-order valence-electron chi connectivity index (χ0n) is 14.2. The highest BCUT2D eigenvalue weighted by molar-refractivity contribution is 14.0. The molecule has 5 heteroatoms. The molecule has 1 aromatic rings. The number of hydrogen-bond acceptors (Lipinski definition) is 2. The molecule has 0 saturated heterocycles. The Kier molecular flexibility index (Phi) is 9.06. The van der Waals surface area contributed by atoms with Crippen molar-refractivity contribution >= 4 is 29.9 Å². The van der Waals surface area contributed by atoms with Crippen LogP contribution in [-0.2, 0) is 0 Å². The summed E-state index contributed by atoms with van der Waals surface area (Å²) in [5, 5.41) is 6.69. The third-order valence-electron chi connectivity index (χ3n) is 3.78. The summed E-state index contributed by atoms with van der Waals surface area (Å²) in [6, 6.07) is 8.79. The Morgan fingerprint density at radius 2 is 1.87 bits per heavy atom. The minimum Gasteiger partial charge on any atom is -0.492 e. The maximum absolute atomic E-state index is 5.75. The summed E-state index contributed by atoms with van der Waals surface area (Å²) in [5.41, 5.74) is 1.33. The van der Waals surface area contributed by atoms with Gasteiger partial charge in [0, 0.05) is 13.1 Å². The molecule has 23 heavy (non-hydrogen) atoms. The molecule has 0 bridgehead atoms. The van der Waals surface area contributed by atoms with Gasteiger partial charge in [0.2, 0.25) is 0 Å². The summed E-state index contributed by atoms with van der Waals surface area (Å²) in [5.74, 6) is 2.30. The van der Waals surface area contributed by atoms with Gasteiger partial charge in [0.05, 0.1) is 6.54 Å². The van der Waals surface area contributed by atoms with E-state index in [-0.39, 0.29) is 24.0 Å². The number of hydrogen-bond donors (Lipinski definition) is 2. The van der Waals surface area contributed by atoms with Gasteiger partial charge in [0.25, 0.3) is 0 Å². The zero-order valence-corrected chi connectivity index (χ0v) is 16.5. The lowest BCUT2D eigenvalue weighted by molar-refractivity contribution is 0.321. The number of rotatable bonds is 6. The van der Waals surface area contributed by atoms with E-state index in [1.165, 1.54) is 5.56 Å². The molecule has 0 unspecified atom stereocenters. The van der Waals surface area contributed by atoms with Gasteiger partial charge in [-0.05, 0) is 36.5 Å². The molecule has 2 rings (SSSR count). The number of ether oxygens (including phenoxy) is 1. The molecule has 1 aliphatic rings. The highest BCUT2D eigenvalue weighted by Crippen LogP contribution is 2.18. The number of aliphatic imine (C=N–C) groups is 1. The van der Waals surface area contributed by atoms with Crippen LogP contribution in [0.3, 0.4) is 0 Å². The highest BCUT2D eigenvalue weighted by Gasteiger charge is 2.11. The van der Waals surface area contributed by atoms with Crippen molar-refractivity contribution in [3.8, 4) is 5.75 Å². The second-order valence-electron chi connectivity index (χ2n) is 5.86. The molecule has 0 aromatic heterocycles. The third-order valence-corrected chi connectivity index (χ3v) is 3.78. The topological polar surface area (TPSA) is 45.7 Å². The molecule has 1 aromatic carbocycles. The summed E-state index contributed by atoms with van der Waals surface area (Å²) in [6.07, 6.45) is 6.54. The molecule has 0 fully saturated rings. The first-order valence-corrected chi connectivity index (χ1v) is 8.04. The second-order valence-corrected chi connectivity index (χ2v) is 5.86. The predicted molar refractivity (Wildman–Crippen MR) is 108 cm³/mol. The van der Waals surface area contributed by atoms with E-state index >= 15 is 0 Å². The van der Waals surface area contributed by atoms with Gasteiger partial charge in [-0.2, -0.15) is 0 Å². The summed E-state index contributed by atoms with van der Waals surface area (Å²) in [4.78, 5) is 4.24. The zero-order chi connectivity index (χ0) is 15.8. The van der Waals surface area contributed by atoms with Crippen LogP contribution >= 0.6 is 24.0 Å². The summed E-state index contributed by atoms with van der Waals surface area (Å²) < 4.78 is 5.75. The average Bonchev–Trinajstić information content (AvgIpc) is 3.03. The third kappa shape index (κ3) is 6.81. The Bertz CT molecular complexity index is 504. The second kappa shape index (κ2) is 10.5. The minimum atomic E-state index is 0. The molecule has 1 aliphatic carbocycles. The molecule has 0 amide bonds. The van der Waals surface area contributed by atoms with Gasteiger partial charge in [-0.3, -0.25) is 4.99 Å². The van der Waals surface area contributed by atoms with Crippen LogP contribution in [0.5, 0.6) is 5.75 Å². The fourth-order valence-corrected chi connectivity index (χ4v) is 2.41. The van der Waals surface area contributed by atoms with E-state index < -0.39 is 0 Å². The van der Waals surface area contributed by atoms with Crippen molar-refractivity contribution in [1.29, 1.82) is 0 Å². The first kappa shape index (κ1) is 19.8. The van der Waals surface area contributed by atoms with E-state index in [9.17, 15) is 0 Å². The van der Waals surface area contributed by atoms with Crippen molar-refractivity contribution in [1.82, 2.24) is 10.6 Å². The van der Waals surface area contributed by atoms with Crippen LogP contribution in [0, 0.1) is 0 Å². The van der Waals surface area contributed by atoms with Crippen LogP contribution in [0.4, 0.5) is 0 Å². The van der Waals surface area contributed by atoms with Gasteiger partial charge < -0.3 is 15.4 Å². The first-order chi connectivity index (χ1) is 10.7. The van der Waals surface area contributed by atoms with Crippen LogP contribution in [-0.4, -0.2) is 32.2 Å². The Hall–Kier alpha value is -1.24. The maximum atomic E-state index is 5.75. The SMILES string of the molecule is CN=C(NCCOc1ccc(C(C)C)cc1)NC1CC=CC1.I. The quantitative estimate of drug-likeness (QED) is 0.238. The Morgan fingerprint density at radius 1 is 1.22 bits per heavy atom. The predicted octanol–water partition coefficient (Wildman–Crippen LogP) is 3.69. The summed E-state index contributed by atoms with van der Waals surface area (Å²) in [7, 11) is 1.79. The van der Waals surface area contributed by atoms with E-state index in [1.54, 1.807) is 7.05 Å². The van der Waals surface area contributed by atoms with E-state index in [4.69, 9.17) is 4.74 Å². The molecular weight excluding hydrogens is 401 g/mol. The van der Waals surface area contributed by atoms with Gasteiger partial charge in [-0.1, -0.05) is 38.1 Å². The van der Waals surface area contributed by atoms with Gasteiger partial charge in [-0.15, -0.1) is 24.0 Å². The molecular formula is C18H28IN3O. The lowest BCUT2D eigenvalue weighted by atomic mass is 10.0. The summed E-state index contributed by atoms with van der Waals surface area (Å²) >= 11 is 0. The molecule has 0 heterocycles. The molecule has 0 atom stereocenters. The van der Waals surface area contributed by atoms with Gasteiger partial charge in [-0.25, -0.2) is 0 Å². The van der Waals surface area contributed by atoms with Crippen molar-refractivity contribution < 1.29 is 4.74 Å². The van der Waals surface area contributed by atoms with Crippen molar-refractivity contribution in [2.75, 3.05) is 20.2 Å². The molecule has 2 N–H and O–H groups in total. The Morgan fingerprint density at radius 3 is 2.43 bits per heavy atom.